The Morgan fingerprint density at radius 1 is 0.345 bits per heavy atom. The van der Waals surface area contributed by atoms with E-state index in [0.29, 0.717) is 0 Å². The van der Waals surface area contributed by atoms with Crippen molar-refractivity contribution in [2.45, 2.75) is 0 Å². The number of benzene rings is 8. The lowest BCUT2D eigenvalue weighted by atomic mass is 9.84. The first-order valence-electron chi connectivity index (χ1n) is 18.7. The maximum absolute atomic E-state index is 5.25. The molecule has 4 heteroatoms. The highest BCUT2D eigenvalue weighted by atomic mass is 15.0. The predicted molar refractivity (Wildman–Crippen MR) is 230 cm³/mol. The molecule has 55 heavy (non-hydrogen) atoms. The molecule has 0 amide bonds. The molecule has 0 spiro atoms. The third-order valence-corrected chi connectivity index (χ3v) is 11.4. The maximum atomic E-state index is 5.25. The van der Waals surface area contributed by atoms with Crippen LogP contribution in [0.5, 0.6) is 0 Å². The van der Waals surface area contributed by atoms with Crippen LogP contribution in [0, 0.1) is 0 Å². The molecule has 0 aliphatic heterocycles. The van der Waals surface area contributed by atoms with Gasteiger partial charge in [-0.2, -0.15) is 0 Å². The summed E-state index contributed by atoms with van der Waals surface area (Å²) < 4.78 is 2.23. The van der Waals surface area contributed by atoms with E-state index in [1.165, 1.54) is 65.3 Å². The van der Waals surface area contributed by atoms with Gasteiger partial charge < -0.3 is 0 Å². The Labute approximate surface area is 315 Å². The quantitative estimate of drug-likeness (QED) is 0.136. The van der Waals surface area contributed by atoms with Gasteiger partial charge in [-0.05, 0) is 131 Å². The van der Waals surface area contributed by atoms with Crippen molar-refractivity contribution in [2.75, 3.05) is 0 Å². The van der Waals surface area contributed by atoms with E-state index >= 15 is 0 Å². The number of pyridine rings is 3. The molecule has 0 fully saturated rings. The zero-order valence-corrected chi connectivity index (χ0v) is 29.6. The molecule has 0 N–H and O–H groups in total. The zero-order valence-electron chi connectivity index (χ0n) is 29.6. The van der Waals surface area contributed by atoms with Gasteiger partial charge in [0, 0.05) is 17.8 Å². The van der Waals surface area contributed by atoms with Crippen molar-refractivity contribution in [3.05, 3.63) is 182 Å². The Morgan fingerprint density at radius 2 is 0.891 bits per heavy atom. The van der Waals surface area contributed by atoms with E-state index in [-0.39, 0.29) is 0 Å². The van der Waals surface area contributed by atoms with Crippen LogP contribution in [0.25, 0.3) is 115 Å². The Bertz CT molecular complexity index is 3560. The minimum absolute atomic E-state index is 0.867. The van der Waals surface area contributed by atoms with Crippen molar-refractivity contribution in [2.24, 2.45) is 0 Å². The third kappa shape index (κ3) is 4.49. The fourth-order valence-electron chi connectivity index (χ4n) is 8.89. The van der Waals surface area contributed by atoms with E-state index in [1.54, 1.807) is 0 Å². The number of hydrogen-bond acceptors (Lipinski definition) is 3. The molecule has 0 aliphatic rings. The Kier molecular flexibility index (Phi) is 6.31. The lowest BCUT2D eigenvalue weighted by Crippen LogP contribution is -1.94. The van der Waals surface area contributed by atoms with Crippen LogP contribution in [0.4, 0.5) is 0 Å². The van der Waals surface area contributed by atoms with Crippen LogP contribution in [0.2, 0.25) is 0 Å². The lowest BCUT2D eigenvalue weighted by Gasteiger charge is -2.19. The van der Waals surface area contributed by atoms with Gasteiger partial charge in [-0.25, -0.2) is 4.98 Å². The van der Waals surface area contributed by atoms with Gasteiger partial charge in [0.1, 0.15) is 16.7 Å². The topological polar surface area (TPSA) is 43.1 Å². The summed E-state index contributed by atoms with van der Waals surface area (Å²) in [5.74, 6) is 0. The fraction of sp³-hybridized carbons (Fsp3) is 0. The summed E-state index contributed by atoms with van der Waals surface area (Å²) in [6.45, 7) is 0. The van der Waals surface area contributed by atoms with Gasteiger partial charge in [0.25, 0.3) is 0 Å². The molecule has 4 heterocycles. The molecule has 0 saturated carbocycles. The summed E-state index contributed by atoms with van der Waals surface area (Å²) >= 11 is 0. The molecule has 0 radical (unpaired) electrons. The van der Waals surface area contributed by atoms with Gasteiger partial charge in [0.05, 0.1) is 16.6 Å². The second-order valence-corrected chi connectivity index (χ2v) is 14.4. The molecule has 12 aromatic rings. The largest absolute Gasteiger partial charge is 0.290 e. The molecule has 4 aromatic heterocycles. The molecule has 254 valence electrons. The van der Waals surface area contributed by atoms with Crippen molar-refractivity contribution >= 4 is 81.7 Å². The van der Waals surface area contributed by atoms with Crippen LogP contribution in [-0.4, -0.2) is 19.4 Å². The predicted octanol–water partition coefficient (Wildman–Crippen LogP) is 13.2. The van der Waals surface area contributed by atoms with Crippen molar-refractivity contribution in [1.82, 2.24) is 19.4 Å². The van der Waals surface area contributed by atoms with Crippen LogP contribution in [0.3, 0.4) is 0 Å². The molecule has 12 rings (SSSR count). The minimum atomic E-state index is 0.867. The standard InChI is InChI=1S/C51H30N4/c1-3-11-33-27-37(19-17-31(33)9-1)47-39-13-5-6-14-40(39)48(38-20-18-32-10-2-4-12-34(32)28-38)43-29-35(21-23-41(43)47)36-22-24-45-44(30-36)54-51-42-15-7-25-52-49(42)50-46(55(45)51)16-8-26-53-50/h1-30H. The Balaban J connectivity index is 1.14. The van der Waals surface area contributed by atoms with E-state index in [0.717, 1.165) is 49.7 Å². The van der Waals surface area contributed by atoms with Crippen LogP contribution in [0.1, 0.15) is 0 Å². The summed E-state index contributed by atoms with van der Waals surface area (Å²) in [6, 6.07) is 61.7. The van der Waals surface area contributed by atoms with E-state index in [1.807, 2.05) is 24.5 Å². The van der Waals surface area contributed by atoms with E-state index in [9.17, 15) is 0 Å². The van der Waals surface area contributed by atoms with Crippen molar-refractivity contribution in [3.63, 3.8) is 0 Å². The fourth-order valence-corrected chi connectivity index (χ4v) is 8.89. The van der Waals surface area contributed by atoms with Crippen LogP contribution in [-0.2, 0) is 0 Å². The first-order chi connectivity index (χ1) is 27.3. The average molecular weight is 699 g/mol. The molecule has 0 unspecified atom stereocenters. The van der Waals surface area contributed by atoms with Gasteiger partial charge in [0.15, 0.2) is 0 Å². The highest BCUT2D eigenvalue weighted by Crippen LogP contribution is 2.46. The lowest BCUT2D eigenvalue weighted by molar-refractivity contribution is 1.27. The Morgan fingerprint density at radius 3 is 1.62 bits per heavy atom. The number of fused-ring (bicyclic) bond motifs is 12. The van der Waals surface area contributed by atoms with Crippen molar-refractivity contribution < 1.29 is 0 Å². The molecule has 0 saturated heterocycles. The molecule has 4 nitrogen and oxygen atoms in total. The van der Waals surface area contributed by atoms with Crippen LogP contribution >= 0.6 is 0 Å². The monoisotopic (exact) mass is 698 g/mol. The summed E-state index contributed by atoms with van der Waals surface area (Å²) in [5.41, 5.74) is 12.8. The molecule has 0 bridgehead atoms. The van der Waals surface area contributed by atoms with Gasteiger partial charge in [-0.1, -0.05) is 115 Å². The smallest absolute Gasteiger partial charge is 0.148 e. The number of hydrogen-bond donors (Lipinski definition) is 0. The van der Waals surface area contributed by atoms with E-state index in [4.69, 9.17) is 15.0 Å². The van der Waals surface area contributed by atoms with Crippen molar-refractivity contribution in [3.8, 4) is 33.4 Å². The normalized spacial score (nSPS) is 12.0. The average Bonchev–Trinajstić information content (AvgIpc) is 3.64. The second kappa shape index (κ2) is 11.5. The number of imidazole rings is 1. The Hall–Kier alpha value is -7.43. The van der Waals surface area contributed by atoms with Gasteiger partial charge >= 0.3 is 0 Å². The summed E-state index contributed by atoms with van der Waals surface area (Å²) in [6.07, 6.45) is 3.66. The third-order valence-electron chi connectivity index (χ3n) is 11.4. The molecular weight excluding hydrogens is 669 g/mol. The first kappa shape index (κ1) is 30.1. The maximum Gasteiger partial charge on any atom is 0.148 e. The van der Waals surface area contributed by atoms with Crippen molar-refractivity contribution in [1.29, 1.82) is 0 Å². The number of aromatic nitrogens is 4. The van der Waals surface area contributed by atoms with Gasteiger partial charge in [0.2, 0.25) is 0 Å². The van der Waals surface area contributed by atoms with E-state index in [2.05, 4.69) is 162 Å². The summed E-state index contributed by atoms with van der Waals surface area (Å²) in [7, 11) is 0. The molecule has 0 aliphatic carbocycles. The summed E-state index contributed by atoms with van der Waals surface area (Å²) in [4.78, 5) is 14.7. The molecule has 8 aromatic carbocycles. The SMILES string of the molecule is c1ccc2cc(-c3c4ccccc4c(-c4ccc5ccccc5c4)c4cc(-c5ccc6c(c5)nc5c7cccnc7c7ncccc7n65)ccc34)ccc2c1. The van der Waals surface area contributed by atoms with Crippen LogP contribution in [0.15, 0.2) is 182 Å². The van der Waals surface area contributed by atoms with Gasteiger partial charge in [-0.15, -0.1) is 0 Å². The zero-order chi connectivity index (χ0) is 36.0. The van der Waals surface area contributed by atoms with Gasteiger partial charge in [-0.3, -0.25) is 14.4 Å². The second-order valence-electron chi connectivity index (χ2n) is 14.4. The highest BCUT2D eigenvalue weighted by molar-refractivity contribution is 6.22. The minimum Gasteiger partial charge on any atom is -0.290 e. The number of nitrogens with zero attached hydrogens (tertiary/aromatic N) is 4. The number of rotatable bonds is 3. The highest BCUT2D eigenvalue weighted by Gasteiger charge is 2.20. The molecular formula is C51H30N4. The van der Waals surface area contributed by atoms with E-state index < -0.39 is 0 Å². The summed E-state index contributed by atoms with van der Waals surface area (Å²) in [5, 5.41) is 10.9. The van der Waals surface area contributed by atoms with Crippen LogP contribution < -0.4 is 0 Å². The first-order valence-corrected chi connectivity index (χ1v) is 18.7. The molecule has 0 atom stereocenters.